The first kappa shape index (κ1) is 14.7. The van der Waals surface area contributed by atoms with Crippen molar-refractivity contribution in [2.24, 2.45) is 0 Å². The van der Waals surface area contributed by atoms with Crippen LogP contribution in [0.5, 0.6) is 0 Å². The fraction of sp³-hybridized carbons (Fsp3) is 0.538. The van der Waals surface area contributed by atoms with Gasteiger partial charge in [-0.1, -0.05) is 6.07 Å². The lowest BCUT2D eigenvalue weighted by atomic mass is 10.1. The topological polar surface area (TPSA) is 23.5 Å². The summed E-state index contributed by atoms with van der Waals surface area (Å²) in [5.74, 6) is 0. The molecule has 1 aliphatic rings. The van der Waals surface area contributed by atoms with E-state index in [1.54, 1.807) is 25.1 Å². The highest BCUT2D eigenvalue weighted by Crippen LogP contribution is 2.38. The van der Waals surface area contributed by atoms with Gasteiger partial charge in [0.25, 0.3) is 0 Å². The summed E-state index contributed by atoms with van der Waals surface area (Å²) in [6.45, 7) is 0.681. The molecule has 2 rings (SSSR count). The average molecular weight is 338 g/mol. The van der Waals surface area contributed by atoms with Crippen molar-refractivity contribution in [3.8, 4) is 0 Å². The third-order valence-electron chi connectivity index (χ3n) is 3.10. The van der Waals surface area contributed by atoms with Gasteiger partial charge in [-0.15, -0.1) is 0 Å². The van der Waals surface area contributed by atoms with Crippen LogP contribution in [-0.2, 0) is 0 Å². The van der Waals surface area contributed by atoms with Gasteiger partial charge in [-0.2, -0.15) is 13.2 Å². The molecule has 19 heavy (non-hydrogen) atoms. The molecule has 1 aromatic carbocycles. The standard InChI is InChI=1S/C13H15BrF3NO/c1-8(19)9-2-5-12(11(14)6-9)18(10-3-4-10)7-13(15,16)17/h2,5-6,8,10,19H,3-4,7H2,1H3/t8-/m1/s1. The molecule has 1 fully saturated rings. The fourth-order valence-electron chi connectivity index (χ4n) is 2.01. The van der Waals surface area contributed by atoms with Gasteiger partial charge in [0, 0.05) is 10.5 Å². The molecule has 0 spiro atoms. The molecule has 0 aliphatic heterocycles. The maximum atomic E-state index is 12.6. The van der Waals surface area contributed by atoms with Crippen LogP contribution in [0.1, 0.15) is 31.4 Å². The molecule has 0 unspecified atom stereocenters. The predicted molar refractivity (Wildman–Crippen MR) is 71.2 cm³/mol. The van der Waals surface area contributed by atoms with Crippen LogP contribution in [0.4, 0.5) is 18.9 Å². The molecule has 0 radical (unpaired) electrons. The quantitative estimate of drug-likeness (QED) is 0.896. The summed E-state index contributed by atoms with van der Waals surface area (Å²) in [4.78, 5) is 1.38. The van der Waals surface area contributed by atoms with Gasteiger partial charge in [0.15, 0.2) is 0 Å². The predicted octanol–water partition coefficient (Wildman–Crippen LogP) is 4.03. The normalized spacial score (nSPS) is 17.4. The average Bonchev–Trinajstić information content (AvgIpc) is 3.08. The number of nitrogens with zero attached hydrogens (tertiary/aromatic N) is 1. The first-order valence-electron chi connectivity index (χ1n) is 6.09. The highest BCUT2D eigenvalue weighted by molar-refractivity contribution is 9.10. The van der Waals surface area contributed by atoms with Crippen LogP contribution in [0, 0.1) is 0 Å². The molecule has 106 valence electrons. The summed E-state index contributed by atoms with van der Waals surface area (Å²) in [5.41, 5.74) is 1.21. The number of aliphatic hydroxyl groups excluding tert-OH is 1. The number of halogens is 4. The Morgan fingerprint density at radius 2 is 2.05 bits per heavy atom. The Morgan fingerprint density at radius 1 is 1.42 bits per heavy atom. The van der Waals surface area contributed by atoms with Gasteiger partial charge in [0.05, 0.1) is 11.8 Å². The molecule has 2 nitrogen and oxygen atoms in total. The molecule has 1 atom stereocenters. The Kier molecular flexibility index (Phi) is 4.11. The van der Waals surface area contributed by atoms with Gasteiger partial charge in [0.2, 0.25) is 0 Å². The zero-order valence-electron chi connectivity index (χ0n) is 10.4. The summed E-state index contributed by atoms with van der Waals surface area (Å²) in [6, 6.07) is 4.94. The van der Waals surface area contributed by atoms with Crippen molar-refractivity contribution in [3.05, 3.63) is 28.2 Å². The van der Waals surface area contributed by atoms with Crippen molar-refractivity contribution >= 4 is 21.6 Å². The van der Waals surface area contributed by atoms with Crippen molar-refractivity contribution in [2.75, 3.05) is 11.4 Å². The second kappa shape index (κ2) is 5.32. The lowest BCUT2D eigenvalue weighted by Gasteiger charge is -2.27. The first-order chi connectivity index (χ1) is 8.78. The van der Waals surface area contributed by atoms with Crippen LogP contribution in [0.15, 0.2) is 22.7 Å². The molecule has 0 heterocycles. The molecule has 1 aromatic rings. The Hall–Kier alpha value is -0.750. The van der Waals surface area contributed by atoms with Crippen LogP contribution >= 0.6 is 15.9 Å². The Morgan fingerprint density at radius 3 is 2.47 bits per heavy atom. The van der Waals surface area contributed by atoms with Gasteiger partial charge >= 0.3 is 6.18 Å². The van der Waals surface area contributed by atoms with Crippen LogP contribution in [0.2, 0.25) is 0 Å². The van der Waals surface area contributed by atoms with Gasteiger partial charge in [-0.05, 0) is 53.4 Å². The lowest BCUT2D eigenvalue weighted by Crippen LogP contribution is -2.36. The molecule has 0 saturated heterocycles. The van der Waals surface area contributed by atoms with Crippen LogP contribution in [0.25, 0.3) is 0 Å². The number of hydrogen-bond acceptors (Lipinski definition) is 2. The molecule has 1 N–H and O–H groups in total. The Bertz CT molecular complexity index is 458. The highest BCUT2D eigenvalue weighted by atomic mass is 79.9. The van der Waals surface area contributed by atoms with Crippen molar-refractivity contribution in [2.45, 2.75) is 38.1 Å². The molecule has 0 bridgehead atoms. The second-order valence-electron chi connectivity index (χ2n) is 4.86. The van der Waals surface area contributed by atoms with E-state index in [2.05, 4.69) is 15.9 Å². The third-order valence-corrected chi connectivity index (χ3v) is 3.74. The summed E-state index contributed by atoms with van der Waals surface area (Å²) >= 11 is 3.30. The summed E-state index contributed by atoms with van der Waals surface area (Å²) in [6.07, 6.45) is -3.27. The van der Waals surface area contributed by atoms with Gasteiger partial charge in [-0.25, -0.2) is 0 Å². The minimum absolute atomic E-state index is 0.0321. The number of rotatable bonds is 4. The molecule has 1 aliphatic carbocycles. The fourth-order valence-corrected chi connectivity index (χ4v) is 2.63. The smallest absolute Gasteiger partial charge is 0.389 e. The van der Waals surface area contributed by atoms with E-state index < -0.39 is 18.8 Å². The minimum Gasteiger partial charge on any atom is -0.389 e. The Balaban J connectivity index is 2.27. The van der Waals surface area contributed by atoms with E-state index in [1.165, 1.54) is 4.90 Å². The van der Waals surface area contributed by atoms with Gasteiger partial charge < -0.3 is 10.0 Å². The van der Waals surface area contributed by atoms with E-state index in [0.29, 0.717) is 15.7 Å². The molecule has 6 heteroatoms. The highest BCUT2D eigenvalue weighted by Gasteiger charge is 2.38. The van der Waals surface area contributed by atoms with Crippen molar-refractivity contribution < 1.29 is 18.3 Å². The third kappa shape index (κ3) is 3.86. The maximum absolute atomic E-state index is 12.6. The van der Waals surface area contributed by atoms with E-state index in [0.717, 1.165) is 12.8 Å². The summed E-state index contributed by atoms with van der Waals surface area (Å²) in [7, 11) is 0. The van der Waals surface area contributed by atoms with Crippen LogP contribution in [-0.4, -0.2) is 23.9 Å². The van der Waals surface area contributed by atoms with E-state index in [4.69, 9.17) is 0 Å². The zero-order valence-corrected chi connectivity index (χ0v) is 12.0. The van der Waals surface area contributed by atoms with Gasteiger partial charge in [-0.3, -0.25) is 0 Å². The number of alkyl halides is 3. The number of anilines is 1. The van der Waals surface area contributed by atoms with E-state index in [1.807, 2.05) is 0 Å². The molecular formula is C13H15BrF3NO. The molecule has 0 amide bonds. The molecule has 1 saturated carbocycles. The largest absolute Gasteiger partial charge is 0.405 e. The minimum atomic E-state index is -4.22. The van der Waals surface area contributed by atoms with Crippen molar-refractivity contribution in [1.29, 1.82) is 0 Å². The van der Waals surface area contributed by atoms with Gasteiger partial charge in [0.1, 0.15) is 6.54 Å². The SMILES string of the molecule is C[C@@H](O)c1ccc(N(CC(F)(F)F)C2CC2)c(Br)c1. The summed E-state index contributed by atoms with van der Waals surface area (Å²) in [5, 5.41) is 9.47. The Labute approximate surface area is 118 Å². The monoisotopic (exact) mass is 337 g/mol. The molecular weight excluding hydrogens is 323 g/mol. The van der Waals surface area contributed by atoms with E-state index in [-0.39, 0.29) is 6.04 Å². The number of aliphatic hydroxyl groups is 1. The van der Waals surface area contributed by atoms with E-state index >= 15 is 0 Å². The summed E-state index contributed by atoms with van der Waals surface area (Å²) < 4.78 is 38.5. The van der Waals surface area contributed by atoms with E-state index in [9.17, 15) is 18.3 Å². The first-order valence-corrected chi connectivity index (χ1v) is 6.88. The number of benzene rings is 1. The van der Waals surface area contributed by atoms with Crippen LogP contribution < -0.4 is 4.90 Å². The van der Waals surface area contributed by atoms with Crippen LogP contribution in [0.3, 0.4) is 0 Å². The second-order valence-corrected chi connectivity index (χ2v) is 5.72. The number of hydrogen-bond donors (Lipinski definition) is 1. The molecule has 0 aromatic heterocycles. The lowest BCUT2D eigenvalue weighted by molar-refractivity contribution is -0.120. The van der Waals surface area contributed by atoms with Crippen molar-refractivity contribution in [1.82, 2.24) is 0 Å². The maximum Gasteiger partial charge on any atom is 0.405 e. The zero-order chi connectivity index (χ0) is 14.2. The van der Waals surface area contributed by atoms with Crippen molar-refractivity contribution in [3.63, 3.8) is 0 Å².